The van der Waals surface area contributed by atoms with E-state index in [0.29, 0.717) is 56.5 Å². The smallest absolute Gasteiger partial charge is 0.272 e. The molecule has 0 aliphatic carbocycles. The Morgan fingerprint density at radius 1 is 1.12 bits per heavy atom. The van der Waals surface area contributed by atoms with Crippen molar-refractivity contribution in [1.82, 2.24) is 20.2 Å². The summed E-state index contributed by atoms with van der Waals surface area (Å²) >= 11 is 0. The molecule has 1 fully saturated rings. The minimum Gasteiger partial charge on any atom is -0.383 e. The molecule has 3 rings (SSSR count). The quantitative estimate of drug-likeness (QED) is 0.575. The van der Waals surface area contributed by atoms with Gasteiger partial charge in [0.05, 0.1) is 17.9 Å². The van der Waals surface area contributed by atoms with E-state index in [9.17, 15) is 9.59 Å². The number of methoxy groups -OCH3 is 1. The molecule has 9 heteroatoms. The fourth-order valence-corrected chi connectivity index (χ4v) is 3.41. The molecular formula is C23H32N6O3. The molecule has 9 nitrogen and oxygen atoms in total. The normalized spacial score (nSPS) is 13.9. The van der Waals surface area contributed by atoms with Gasteiger partial charge in [-0.1, -0.05) is 13.8 Å². The largest absolute Gasteiger partial charge is 0.383 e. The highest BCUT2D eigenvalue weighted by atomic mass is 16.5. The lowest BCUT2D eigenvalue weighted by Gasteiger charge is -2.36. The third-order valence-corrected chi connectivity index (χ3v) is 5.19. The number of piperazine rings is 1. The van der Waals surface area contributed by atoms with E-state index in [1.165, 1.54) is 6.20 Å². The molecule has 2 aromatic heterocycles. The molecule has 32 heavy (non-hydrogen) atoms. The van der Waals surface area contributed by atoms with Gasteiger partial charge in [-0.15, -0.1) is 0 Å². The Morgan fingerprint density at radius 2 is 1.91 bits per heavy atom. The molecule has 0 bridgehead atoms. The Morgan fingerprint density at radius 3 is 2.56 bits per heavy atom. The van der Waals surface area contributed by atoms with Crippen LogP contribution in [0.15, 0.2) is 36.7 Å². The third kappa shape index (κ3) is 6.16. The summed E-state index contributed by atoms with van der Waals surface area (Å²) in [6.45, 7) is 8.63. The number of nitrogens with one attached hydrogen (secondary N) is 2. The molecule has 2 amide bonds. The summed E-state index contributed by atoms with van der Waals surface area (Å²) in [6, 6.07) is 7.20. The number of hydrogen-bond donors (Lipinski definition) is 2. The van der Waals surface area contributed by atoms with Gasteiger partial charge in [-0.25, -0.2) is 4.98 Å². The third-order valence-electron chi connectivity index (χ3n) is 5.19. The predicted molar refractivity (Wildman–Crippen MR) is 124 cm³/mol. The SMILES string of the molecule is COCCNC(=O)c1ccc(C(=O)N2CCN(c3ncccc3NCC(C)C)CC2)nc1. The molecular weight excluding hydrogens is 408 g/mol. The second-order valence-electron chi connectivity index (χ2n) is 8.11. The summed E-state index contributed by atoms with van der Waals surface area (Å²) in [6.07, 6.45) is 3.23. The van der Waals surface area contributed by atoms with Crippen LogP contribution in [0, 0.1) is 5.92 Å². The number of pyridine rings is 2. The zero-order valence-electron chi connectivity index (χ0n) is 19.0. The van der Waals surface area contributed by atoms with Gasteiger partial charge in [0, 0.05) is 58.8 Å². The van der Waals surface area contributed by atoms with E-state index < -0.39 is 0 Å². The number of rotatable bonds is 9. The maximum Gasteiger partial charge on any atom is 0.272 e. The summed E-state index contributed by atoms with van der Waals surface area (Å²) in [5, 5.41) is 6.20. The Kier molecular flexibility index (Phi) is 8.38. The molecule has 0 radical (unpaired) electrons. The number of amides is 2. The number of anilines is 2. The molecule has 1 aliphatic rings. The monoisotopic (exact) mass is 440 g/mol. The van der Waals surface area contributed by atoms with Gasteiger partial charge in [-0.05, 0) is 30.2 Å². The minimum atomic E-state index is -0.237. The molecule has 0 unspecified atom stereocenters. The van der Waals surface area contributed by atoms with Crippen LogP contribution in [0.5, 0.6) is 0 Å². The van der Waals surface area contributed by atoms with Crippen LogP contribution in [-0.2, 0) is 4.74 Å². The standard InChI is InChI=1S/C23H32N6O3/c1-17(2)15-26-19-5-4-8-24-21(19)28-10-12-29(13-11-28)23(31)20-7-6-18(16-27-20)22(30)25-9-14-32-3/h4-8,16-17,26H,9-15H2,1-3H3,(H,25,30). The topological polar surface area (TPSA) is 99.7 Å². The fourth-order valence-electron chi connectivity index (χ4n) is 3.41. The number of hydrogen-bond acceptors (Lipinski definition) is 7. The molecule has 172 valence electrons. The van der Waals surface area contributed by atoms with Gasteiger partial charge in [0.1, 0.15) is 5.69 Å². The van der Waals surface area contributed by atoms with Crippen LogP contribution in [0.1, 0.15) is 34.7 Å². The molecule has 1 saturated heterocycles. The Balaban J connectivity index is 1.56. The van der Waals surface area contributed by atoms with E-state index in [2.05, 4.69) is 39.3 Å². The fraction of sp³-hybridized carbons (Fsp3) is 0.478. The van der Waals surface area contributed by atoms with E-state index >= 15 is 0 Å². The maximum atomic E-state index is 12.9. The van der Waals surface area contributed by atoms with Gasteiger partial charge >= 0.3 is 0 Å². The minimum absolute atomic E-state index is 0.129. The second kappa shape index (κ2) is 11.4. The van der Waals surface area contributed by atoms with Crippen molar-refractivity contribution in [3.05, 3.63) is 47.9 Å². The first-order chi connectivity index (χ1) is 15.5. The van der Waals surface area contributed by atoms with Crippen molar-refractivity contribution in [2.45, 2.75) is 13.8 Å². The first kappa shape index (κ1) is 23.5. The van der Waals surface area contributed by atoms with Crippen LogP contribution in [-0.4, -0.2) is 79.7 Å². The molecule has 2 aromatic rings. The number of nitrogens with zero attached hydrogens (tertiary/aromatic N) is 4. The van der Waals surface area contributed by atoms with Crippen LogP contribution in [0.2, 0.25) is 0 Å². The zero-order chi connectivity index (χ0) is 22.9. The van der Waals surface area contributed by atoms with Crippen molar-refractivity contribution >= 4 is 23.3 Å². The van der Waals surface area contributed by atoms with Crippen LogP contribution >= 0.6 is 0 Å². The van der Waals surface area contributed by atoms with Crippen molar-refractivity contribution in [1.29, 1.82) is 0 Å². The zero-order valence-corrected chi connectivity index (χ0v) is 19.0. The van der Waals surface area contributed by atoms with Crippen LogP contribution in [0.25, 0.3) is 0 Å². The summed E-state index contributed by atoms with van der Waals surface area (Å²) in [4.78, 5) is 37.7. The first-order valence-electron chi connectivity index (χ1n) is 11.0. The average molecular weight is 441 g/mol. The van der Waals surface area contributed by atoms with E-state index in [1.807, 2.05) is 12.1 Å². The van der Waals surface area contributed by atoms with E-state index in [-0.39, 0.29) is 11.8 Å². The van der Waals surface area contributed by atoms with Gasteiger partial charge in [-0.2, -0.15) is 0 Å². The van der Waals surface area contributed by atoms with Gasteiger partial charge in [0.25, 0.3) is 11.8 Å². The van der Waals surface area contributed by atoms with Crippen LogP contribution < -0.4 is 15.5 Å². The summed E-state index contributed by atoms with van der Waals surface area (Å²) in [5.74, 6) is 1.09. The lowest BCUT2D eigenvalue weighted by Crippen LogP contribution is -2.49. The molecule has 0 atom stereocenters. The summed E-state index contributed by atoms with van der Waals surface area (Å²) < 4.78 is 4.92. The van der Waals surface area contributed by atoms with E-state index in [0.717, 1.165) is 18.1 Å². The highest BCUT2D eigenvalue weighted by Gasteiger charge is 2.25. The summed E-state index contributed by atoms with van der Waals surface area (Å²) in [7, 11) is 1.58. The van der Waals surface area contributed by atoms with Crippen molar-refractivity contribution in [3.63, 3.8) is 0 Å². The van der Waals surface area contributed by atoms with Gasteiger partial charge < -0.3 is 25.2 Å². The molecule has 2 N–H and O–H groups in total. The van der Waals surface area contributed by atoms with Crippen molar-refractivity contribution < 1.29 is 14.3 Å². The first-order valence-corrected chi connectivity index (χ1v) is 11.0. The molecule has 0 saturated carbocycles. The number of aromatic nitrogens is 2. The van der Waals surface area contributed by atoms with E-state index in [4.69, 9.17) is 4.74 Å². The Bertz CT molecular complexity index is 895. The number of carbonyl (C=O) groups is 2. The Hall–Kier alpha value is -3.20. The van der Waals surface area contributed by atoms with E-state index in [1.54, 1.807) is 30.3 Å². The van der Waals surface area contributed by atoms with Gasteiger partial charge in [-0.3, -0.25) is 14.6 Å². The van der Waals surface area contributed by atoms with Crippen molar-refractivity contribution in [2.75, 3.05) is 63.2 Å². The number of carbonyl (C=O) groups excluding carboxylic acids is 2. The highest BCUT2D eigenvalue weighted by Crippen LogP contribution is 2.24. The lowest BCUT2D eigenvalue weighted by atomic mass is 10.2. The van der Waals surface area contributed by atoms with Crippen LogP contribution in [0.3, 0.4) is 0 Å². The average Bonchev–Trinajstić information content (AvgIpc) is 2.83. The van der Waals surface area contributed by atoms with Crippen molar-refractivity contribution in [3.8, 4) is 0 Å². The molecule has 3 heterocycles. The molecule has 0 spiro atoms. The van der Waals surface area contributed by atoms with Gasteiger partial charge in [0.2, 0.25) is 0 Å². The number of ether oxygens (including phenoxy) is 1. The summed E-state index contributed by atoms with van der Waals surface area (Å²) in [5.41, 5.74) is 1.77. The highest BCUT2D eigenvalue weighted by molar-refractivity contribution is 5.96. The maximum absolute atomic E-state index is 12.9. The molecule has 0 aromatic carbocycles. The lowest BCUT2D eigenvalue weighted by molar-refractivity contribution is 0.0740. The van der Waals surface area contributed by atoms with Crippen molar-refractivity contribution in [2.24, 2.45) is 5.92 Å². The van der Waals surface area contributed by atoms with Gasteiger partial charge in [0.15, 0.2) is 5.82 Å². The molecule has 1 aliphatic heterocycles. The van der Waals surface area contributed by atoms with Crippen LogP contribution in [0.4, 0.5) is 11.5 Å². The predicted octanol–water partition coefficient (Wildman–Crippen LogP) is 1.88. The Labute approximate surface area is 189 Å². The second-order valence-corrected chi connectivity index (χ2v) is 8.11.